The minimum absolute atomic E-state index is 0.0721. The number of fused-ring (bicyclic) bond motifs is 1. The fourth-order valence-electron chi connectivity index (χ4n) is 3.25. The molecule has 1 heterocycles. The van der Waals surface area contributed by atoms with Gasteiger partial charge >= 0.3 is 0 Å². The number of nitrogens with zero attached hydrogens (tertiary/aromatic N) is 2. The van der Waals surface area contributed by atoms with Gasteiger partial charge in [-0.1, -0.05) is 6.07 Å². The van der Waals surface area contributed by atoms with Gasteiger partial charge in [0.25, 0.3) is 0 Å². The Morgan fingerprint density at radius 3 is 2.30 bits per heavy atom. The van der Waals surface area contributed by atoms with E-state index in [1.54, 1.807) is 42.5 Å². The lowest BCUT2D eigenvalue weighted by Gasteiger charge is -2.25. The molecule has 0 saturated heterocycles. The molecular weight excluding hydrogens is 470 g/mol. The molecule has 2 aromatic carbocycles. The third-order valence-electron chi connectivity index (χ3n) is 4.97. The fourth-order valence-corrected chi connectivity index (χ4v) is 4.71. The molecule has 1 aliphatic rings. The van der Waals surface area contributed by atoms with Gasteiger partial charge in [0.2, 0.25) is 26.0 Å². The summed E-state index contributed by atoms with van der Waals surface area (Å²) in [5.74, 6) is 0.718. The molecule has 0 unspecified atom stereocenters. The molecule has 33 heavy (non-hydrogen) atoms. The van der Waals surface area contributed by atoms with Crippen molar-refractivity contribution in [3.05, 3.63) is 42.5 Å². The number of anilines is 3. The molecule has 0 radical (unpaired) electrons. The van der Waals surface area contributed by atoms with E-state index in [1.165, 1.54) is 11.4 Å². The number of rotatable bonds is 9. The highest BCUT2D eigenvalue weighted by atomic mass is 32.2. The van der Waals surface area contributed by atoms with Gasteiger partial charge in [-0.15, -0.1) is 0 Å². The van der Waals surface area contributed by atoms with Crippen LogP contribution in [0.1, 0.15) is 12.8 Å². The third kappa shape index (κ3) is 6.51. The number of sulfonamides is 2. The highest BCUT2D eigenvalue weighted by Gasteiger charge is 2.21. The lowest BCUT2D eigenvalue weighted by atomic mass is 10.2. The summed E-state index contributed by atoms with van der Waals surface area (Å²) in [4.78, 5) is 12.4. The average molecular weight is 498 g/mol. The van der Waals surface area contributed by atoms with Gasteiger partial charge in [0, 0.05) is 31.8 Å². The predicted octanol–water partition coefficient (Wildman–Crippen LogP) is 2.04. The summed E-state index contributed by atoms with van der Waals surface area (Å²) in [7, 11) is -5.59. The molecule has 0 aromatic heterocycles. The second-order valence-electron chi connectivity index (χ2n) is 7.60. The van der Waals surface area contributed by atoms with Crippen LogP contribution < -0.4 is 23.4 Å². The third-order valence-corrected chi connectivity index (χ3v) is 7.37. The Labute approximate surface area is 194 Å². The van der Waals surface area contributed by atoms with Gasteiger partial charge in [-0.25, -0.2) is 16.8 Å². The van der Waals surface area contributed by atoms with Crippen molar-refractivity contribution in [1.29, 1.82) is 0 Å². The molecule has 1 N–H and O–H groups in total. The normalized spacial score (nSPS) is 13.3. The minimum atomic E-state index is -3.59. The summed E-state index contributed by atoms with van der Waals surface area (Å²) in [5.41, 5.74) is 1.29. The van der Waals surface area contributed by atoms with Crippen molar-refractivity contribution >= 4 is 43.0 Å². The van der Waals surface area contributed by atoms with Gasteiger partial charge in [-0.2, -0.15) is 0 Å². The summed E-state index contributed by atoms with van der Waals surface area (Å²) in [6.07, 6.45) is 2.54. The number of hydrogen-bond donors (Lipinski definition) is 1. The summed E-state index contributed by atoms with van der Waals surface area (Å²) >= 11 is 0. The molecular formula is C21H27N3O7S2. The van der Waals surface area contributed by atoms with Gasteiger partial charge < -0.3 is 14.8 Å². The first-order chi connectivity index (χ1) is 15.4. The standard InChI is InChI=1S/C21H27N3O7S2/c1-23(32(2,26)27)17-7-4-6-16(14-17)22-21(25)8-5-11-24(33(3,28)29)18-9-10-19-20(15-18)31-13-12-30-19/h4,6-7,9-10,14-15H,5,8,11-13H2,1-3H3,(H,22,25). The second-order valence-corrected chi connectivity index (χ2v) is 11.5. The van der Waals surface area contributed by atoms with Crippen LogP contribution in [0.4, 0.5) is 17.1 Å². The van der Waals surface area contributed by atoms with E-state index >= 15 is 0 Å². The smallest absolute Gasteiger partial charge is 0.232 e. The van der Waals surface area contributed by atoms with E-state index in [2.05, 4.69) is 5.32 Å². The molecule has 1 aliphatic heterocycles. The number of carbonyl (C=O) groups excluding carboxylic acids is 1. The molecule has 1 amide bonds. The van der Waals surface area contributed by atoms with Crippen LogP contribution in [0.15, 0.2) is 42.5 Å². The van der Waals surface area contributed by atoms with E-state index in [0.717, 1.165) is 16.8 Å². The summed E-state index contributed by atoms with van der Waals surface area (Å²) in [5, 5.41) is 2.72. The molecule has 0 spiro atoms. The van der Waals surface area contributed by atoms with Gasteiger partial charge in [0.1, 0.15) is 13.2 Å². The minimum Gasteiger partial charge on any atom is -0.486 e. The molecule has 0 saturated carbocycles. The summed E-state index contributed by atoms with van der Waals surface area (Å²) in [6, 6.07) is 11.4. The Hall–Kier alpha value is -2.99. The van der Waals surface area contributed by atoms with Crippen LogP contribution in [0.5, 0.6) is 11.5 Å². The van der Waals surface area contributed by atoms with Crippen molar-refractivity contribution in [1.82, 2.24) is 0 Å². The van der Waals surface area contributed by atoms with Crippen molar-refractivity contribution < 1.29 is 31.1 Å². The maximum atomic E-state index is 12.4. The lowest BCUT2D eigenvalue weighted by Crippen LogP contribution is -2.31. The zero-order valence-electron chi connectivity index (χ0n) is 18.6. The summed E-state index contributed by atoms with van der Waals surface area (Å²) in [6.45, 7) is 0.921. The van der Waals surface area contributed by atoms with E-state index in [-0.39, 0.29) is 25.3 Å². The highest BCUT2D eigenvalue weighted by Crippen LogP contribution is 2.34. The molecule has 0 atom stereocenters. The SMILES string of the molecule is CN(c1cccc(NC(=O)CCCN(c2ccc3c(c2)OCCO3)S(C)(=O)=O)c1)S(C)(=O)=O. The Kier molecular flexibility index (Phi) is 7.38. The van der Waals surface area contributed by atoms with E-state index in [4.69, 9.17) is 9.47 Å². The van der Waals surface area contributed by atoms with Crippen molar-refractivity contribution in [2.45, 2.75) is 12.8 Å². The number of nitrogens with one attached hydrogen (secondary N) is 1. The topological polar surface area (TPSA) is 122 Å². The Balaban J connectivity index is 1.63. The Morgan fingerprint density at radius 2 is 1.64 bits per heavy atom. The molecule has 2 aromatic rings. The number of amides is 1. The maximum absolute atomic E-state index is 12.4. The van der Waals surface area contributed by atoms with Gasteiger partial charge in [0.05, 0.1) is 23.9 Å². The van der Waals surface area contributed by atoms with Crippen LogP contribution in [0.25, 0.3) is 0 Å². The largest absolute Gasteiger partial charge is 0.486 e. The number of carbonyl (C=O) groups is 1. The first-order valence-corrected chi connectivity index (χ1v) is 13.9. The van der Waals surface area contributed by atoms with Crippen molar-refractivity contribution in [2.24, 2.45) is 0 Å². The number of ether oxygens (including phenoxy) is 2. The van der Waals surface area contributed by atoms with Crippen molar-refractivity contribution in [3.63, 3.8) is 0 Å². The number of hydrogen-bond acceptors (Lipinski definition) is 7. The van der Waals surface area contributed by atoms with Crippen LogP contribution in [0.3, 0.4) is 0 Å². The van der Waals surface area contributed by atoms with Crippen LogP contribution in [0.2, 0.25) is 0 Å². The molecule has 0 bridgehead atoms. The zero-order valence-corrected chi connectivity index (χ0v) is 20.3. The van der Waals surface area contributed by atoms with Gasteiger partial charge in [-0.05, 0) is 36.8 Å². The Bertz CT molecular complexity index is 1230. The van der Waals surface area contributed by atoms with E-state index in [0.29, 0.717) is 41.8 Å². The van der Waals surface area contributed by atoms with Crippen molar-refractivity contribution in [2.75, 3.05) is 53.2 Å². The quantitative estimate of drug-likeness (QED) is 0.562. The monoisotopic (exact) mass is 497 g/mol. The highest BCUT2D eigenvalue weighted by molar-refractivity contribution is 7.92. The predicted molar refractivity (Wildman–Crippen MR) is 127 cm³/mol. The lowest BCUT2D eigenvalue weighted by molar-refractivity contribution is -0.116. The fraction of sp³-hybridized carbons (Fsp3) is 0.381. The van der Waals surface area contributed by atoms with Crippen LogP contribution >= 0.6 is 0 Å². The van der Waals surface area contributed by atoms with Crippen molar-refractivity contribution in [3.8, 4) is 11.5 Å². The van der Waals surface area contributed by atoms with Crippen LogP contribution in [-0.2, 0) is 24.8 Å². The first kappa shape index (κ1) is 24.6. The Morgan fingerprint density at radius 1 is 0.939 bits per heavy atom. The van der Waals surface area contributed by atoms with E-state index < -0.39 is 20.0 Å². The molecule has 0 aliphatic carbocycles. The molecule has 0 fully saturated rings. The molecule has 12 heteroatoms. The van der Waals surface area contributed by atoms with E-state index in [9.17, 15) is 21.6 Å². The molecule has 180 valence electrons. The van der Waals surface area contributed by atoms with Gasteiger partial charge in [0.15, 0.2) is 11.5 Å². The van der Waals surface area contributed by atoms with Crippen LogP contribution in [-0.4, -0.2) is 62.1 Å². The second kappa shape index (κ2) is 9.87. The van der Waals surface area contributed by atoms with Crippen LogP contribution in [0, 0.1) is 0 Å². The molecule has 10 nitrogen and oxygen atoms in total. The first-order valence-electron chi connectivity index (χ1n) is 10.2. The van der Waals surface area contributed by atoms with Gasteiger partial charge in [-0.3, -0.25) is 13.4 Å². The molecule has 3 rings (SSSR count). The number of benzene rings is 2. The van der Waals surface area contributed by atoms with E-state index in [1.807, 2.05) is 0 Å². The zero-order chi connectivity index (χ0) is 24.2. The maximum Gasteiger partial charge on any atom is 0.232 e. The summed E-state index contributed by atoms with van der Waals surface area (Å²) < 4.78 is 61.5. The average Bonchev–Trinajstić information content (AvgIpc) is 2.74.